The summed E-state index contributed by atoms with van der Waals surface area (Å²) in [6.45, 7) is 5.97. The van der Waals surface area contributed by atoms with Gasteiger partial charge in [-0.3, -0.25) is 0 Å². The lowest BCUT2D eigenvalue weighted by molar-refractivity contribution is 0.809. The van der Waals surface area contributed by atoms with E-state index in [2.05, 4.69) is 48.0 Å². The molecule has 94 valence electrons. The number of aryl methyl sites for hydroxylation is 1. The molecule has 0 atom stereocenters. The zero-order chi connectivity index (χ0) is 13.0. The van der Waals surface area contributed by atoms with Gasteiger partial charge in [0, 0.05) is 12.2 Å². The molecule has 0 aliphatic rings. The Labute approximate surface area is 113 Å². The van der Waals surface area contributed by atoms with Gasteiger partial charge in [0.2, 0.25) is 0 Å². The van der Waals surface area contributed by atoms with E-state index in [1.807, 2.05) is 12.1 Å². The van der Waals surface area contributed by atoms with Gasteiger partial charge in [-0.25, -0.2) is 4.98 Å². The van der Waals surface area contributed by atoms with E-state index in [1.165, 1.54) is 11.3 Å². The first-order valence-corrected chi connectivity index (χ1v) is 6.50. The van der Waals surface area contributed by atoms with Gasteiger partial charge in [-0.05, 0) is 43.7 Å². The first-order chi connectivity index (χ1) is 8.69. The molecule has 0 aliphatic heterocycles. The van der Waals surface area contributed by atoms with Crippen LogP contribution in [0.25, 0.3) is 0 Å². The zero-order valence-corrected chi connectivity index (χ0v) is 11.5. The third-order valence-electron chi connectivity index (χ3n) is 2.87. The maximum absolute atomic E-state index is 5.91. The Hall–Kier alpha value is -1.54. The molecule has 0 N–H and O–H groups in total. The predicted octanol–water partition coefficient (Wildman–Crippen LogP) is 4.07. The van der Waals surface area contributed by atoms with Crippen LogP contribution in [0, 0.1) is 6.92 Å². The summed E-state index contributed by atoms with van der Waals surface area (Å²) >= 11 is 5.91. The molecule has 18 heavy (non-hydrogen) atoms. The fraction of sp³-hybridized carbons (Fsp3) is 0.267. The summed E-state index contributed by atoms with van der Waals surface area (Å²) in [7, 11) is 0. The third-order valence-corrected chi connectivity index (χ3v) is 3.08. The summed E-state index contributed by atoms with van der Waals surface area (Å²) in [4.78, 5) is 6.62. The van der Waals surface area contributed by atoms with E-state index in [1.54, 1.807) is 6.07 Å². The molecule has 2 rings (SSSR count). The SMILES string of the molecule is CCN(Cc1cccc(Cl)n1)c1cccc(C)c1. The summed E-state index contributed by atoms with van der Waals surface area (Å²) in [6, 6.07) is 14.2. The highest BCUT2D eigenvalue weighted by atomic mass is 35.5. The van der Waals surface area contributed by atoms with Crippen molar-refractivity contribution in [3.05, 3.63) is 58.9 Å². The molecule has 0 unspecified atom stereocenters. The lowest BCUT2D eigenvalue weighted by Crippen LogP contribution is -2.22. The lowest BCUT2D eigenvalue weighted by Gasteiger charge is -2.23. The fourth-order valence-corrected chi connectivity index (χ4v) is 2.13. The number of anilines is 1. The molecular weight excluding hydrogens is 244 g/mol. The summed E-state index contributed by atoms with van der Waals surface area (Å²) in [5, 5.41) is 0.549. The standard InChI is InChI=1S/C15H17ClN2/c1-3-18(14-8-4-6-12(2)10-14)11-13-7-5-9-15(16)17-13/h4-10H,3,11H2,1-2H3. The molecule has 1 aromatic heterocycles. The van der Waals surface area contributed by atoms with Crippen molar-refractivity contribution in [2.75, 3.05) is 11.4 Å². The highest BCUT2D eigenvalue weighted by Gasteiger charge is 2.06. The van der Waals surface area contributed by atoms with Crippen LogP contribution in [-0.4, -0.2) is 11.5 Å². The molecule has 0 amide bonds. The topological polar surface area (TPSA) is 16.1 Å². The van der Waals surface area contributed by atoms with Gasteiger partial charge in [0.05, 0.1) is 12.2 Å². The van der Waals surface area contributed by atoms with E-state index in [9.17, 15) is 0 Å². The van der Waals surface area contributed by atoms with Gasteiger partial charge < -0.3 is 4.90 Å². The van der Waals surface area contributed by atoms with Crippen molar-refractivity contribution in [2.45, 2.75) is 20.4 Å². The molecule has 0 fully saturated rings. The van der Waals surface area contributed by atoms with Crippen molar-refractivity contribution in [2.24, 2.45) is 0 Å². The molecule has 1 heterocycles. The Morgan fingerprint density at radius 2 is 1.94 bits per heavy atom. The molecule has 0 spiro atoms. The second kappa shape index (κ2) is 5.87. The van der Waals surface area contributed by atoms with Crippen LogP contribution in [0.15, 0.2) is 42.5 Å². The molecule has 0 saturated heterocycles. The summed E-state index contributed by atoms with van der Waals surface area (Å²) < 4.78 is 0. The smallest absolute Gasteiger partial charge is 0.129 e. The van der Waals surface area contributed by atoms with Crippen LogP contribution in [0.4, 0.5) is 5.69 Å². The molecular formula is C15H17ClN2. The fourth-order valence-electron chi connectivity index (χ4n) is 1.94. The average Bonchev–Trinajstić information content (AvgIpc) is 2.36. The molecule has 2 aromatic rings. The largest absolute Gasteiger partial charge is 0.366 e. The van der Waals surface area contributed by atoms with Crippen molar-refractivity contribution in [3.63, 3.8) is 0 Å². The van der Waals surface area contributed by atoms with Crippen molar-refractivity contribution >= 4 is 17.3 Å². The van der Waals surface area contributed by atoms with Crippen LogP contribution < -0.4 is 4.90 Å². The van der Waals surface area contributed by atoms with Crippen LogP contribution in [0.5, 0.6) is 0 Å². The highest BCUT2D eigenvalue weighted by molar-refractivity contribution is 6.29. The minimum absolute atomic E-state index is 0.549. The Kier molecular flexibility index (Phi) is 4.21. The van der Waals surface area contributed by atoms with Gasteiger partial charge >= 0.3 is 0 Å². The van der Waals surface area contributed by atoms with Crippen LogP contribution in [0.2, 0.25) is 5.15 Å². The number of halogens is 1. The Morgan fingerprint density at radius 1 is 1.17 bits per heavy atom. The normalized spacial score (nSPS) is 10.4. The van der Waals surface area contributed by atoms with Crippen LogP contribution in [-0.2, 0) is 6.54 Å². The number of hydrogen-bond donors (Lipinski definition) is 0. The number of nitrogens with zero attached hydrogens (tertiary/aromatic N) is 2. The van der Waals surface area contributed by atoms with Crippen molar-refractivity contribution in [1.29, 1.82) is 0 Å². The van der Waals surface area contributed by atoms with E-state index >= 15 is 0 Å². The van der Waals surface area contributed by atoms with Crippen LogP contribution >= 0.6 is 11.6 Å². The maximum Gasteiger partial charge on any atom is 0.129 e. The summed E-state index contributed by atoms with van der Waals surface area (Å²) in [6.07, 6.45) is 0. The van der Waals surface area contributed by atoms with Crippen molar-refractivity contribution in [3.8, 4) is 0 Å². The quantitative estimate of drug-likeness (QED) is 0.771. The van der Waals surface area contributed by atoms with E-state index in [0.29, 0.717) is 5.15 Å². The molecule has 1 aromatic carbocycles. The first kappa shape index (κ1) is 12.9. The Morgan fingerprint density at radius 3 is 2.61 bits per heavy atom. The van der Waals surface area contributed by atoms with Crippen molar-refractivity contribution < 1.29 is 0 Å². The molecule has 0 bridgehead atoms. The second-order valence-electron chi connectivity index (χ2n) is 4.30. The highest BCUT2D eigenvalue weighted by Crippen LogP contribution is 2.18. The number of rotatable bonds is 4. The minimum atomic E-state index is 0.549. The van der Waals surface area contributed by atoms with Crippen LogP contribution in [0.1, 0.15) is 18.2 Å². The van der Waals surface area contributed by atoms with Gasteiger partial charge in [-0.1, -0.05) is 29.8 Å². The number of aromatic nitrogens is 1. The van der Waals surface area contributed by atoms with Gasteiger partial charge in [0.15, 0.2) is 0 Å². The Bertz CT molecular complexity index is 525. The number of pyridine rings is 1. The molecule has 0 aliphatic carbocycles. The van der Waals surface area contributed by atoms with Crippen LogP contribution in [0.3, 0.4) is 0 Å². The summed E-state index contributed by atoms with van der Waals surface area (Å²) in [5.41, 5.74) is 3.48. The minimum Gasteiger partial charge on any atom is -0.366 e. The summed E-state index contributed by atoms with van der Waals surface area (Å²) in [5.74, 6) is 0. The van der Waals surface area contributed by atoms with E-state index in [4.69, 9.17) is 11.6 Å². The van der Waals surface area contributed by atoms with Gasteiger partial charge in [-0.15, -0.1) is 0 Å². The molecule has 3 heteroatoms. The number of benzene rings is 1. The van der Waals surface area contributed by atoms with E-state index < -0.39 is 0 Å². The average molecular weight is 261 g/mol. The second-order valence-corrected chi connectivity index (χ2v) is 4.69. The first-order valence-electron chi connectivity index (χ1n) is 6.12. The molecule has 0 saturated carbocycles. The van der Waals surface area contributed by atoms with Gasteiger partial charge in [0.25, 0.3) is 0 Å². The van der Waals surface area contributed by atoms with Gasteiger partial charge in [-0.2, -0.15) is 0 Å². The zero-order valence-electron chi connectivity index (χ0n) is 10.7. The molecule has 2 nitrogen and oxygen atoms in total. The Balaban J connectivity index is 2.19. The van der Waals surface area contributed by atoms with Gasteiger partial charge in [0.1, 0.15) is 5.15 Å². The molecule has 0 radical (unpaired) electrons. The monoisotopic (exact) mass is 260 g/mol. The van der Waals surface area contributed by atoms with Crippen molar-refractivity contribution in [1.82, 2.24) is 4.98 Å². The number of hydrogen-bond acceptors (Lipinski definition) is 2. The lowest BCUT2D eigenvalue weighted by atomic mass is 10.2. The third kappa shape index (κ3) is 3.23. The van der Waals surface area contributed by atoms with E-state index in [-0.39, 0.29) is 0 Å². The van der Waals surface area contributed by atoms with E-state index in [0.717, 1.165) is 18.8 Å². The maximum atomic E-state index is 5.91. The predicted molar refractivity (Wildman–Crippen MR) is 77.2 cm³/mol.